The third-order valence-electron chi connectivity index (χ3n) is 3.95. The van der Waals surface area contributed by atoms with Crippen LogP contribution in [0.15, 0.2) is 35.5 Å². The van der Waals surface area contributed by atoms with Crippen LogP contribution in [0.5, 0.6) is 0 Å². The van der Waals surface area contributed by atoms with Gasteiger partial charge in [0.25, 0.3) is 0 Å². The summed E-state index contributed by atoms with van der Waals surface area (Å²) in [5.41, 5.74) is 0. The van der Waals surface area contributed by atoms with Crippen molar-refractivity contribution in [3.63, 3.8) is 0 Å². The van der Waals surface area contributed by atoms with Crippen molar-refractivity contribution in [1.29, 1.82) is 0 Å². The normalized spacial score (nSPS) is 18.4. The lowest BCUT2D eigenvalue weighted by molar-refractivity contribution is 0.353. The Morgan fingerprint density at radius 2 is 2.00 bits per heavy atom. The largest absolute Gasteiger partial charge is 0.412 e. The minimum absolute atomic E-state index is 0. The molecule has 1 aliphatic heterocycles. The summed E-state index contributed by atoms with van der Waals surface area (Å²) in [7, 11) is -3.76. The van der Waals surface area contributed by atoms with Crippen LogP contribution in [0.2, 0.25) is 0 Å². The molecule has 1 aromatic heterocycles. The van der Waals surface area contributed by atoms with Gasteiger partial charge >= 0.3 is 0 Å². The number of nitrogens with one attached hydrogen (secondary N) is 1. The minimum atomic E-state index is -3.76. The van der Waals surface area contributed by atoms with Crippen molar-refractivity contribution in [3.8, 4) is 0 Å². The molecule has 0 spiro atoms. The fourth-order valence-corrected chi connectivity index (χ4v) is 4.74. The molecule has 1 atom stereocenters. The highest BCUT2D eigenvalue weighted by atomic mass is 35.5. The number of fused-ring (bicyclic) bond motifs is 1. The summed E-state index contributed by atoms with van der Waals surface area (Å²) in [5, 5.41) is 3.81. The zero-order valence-corrected chi connectivity index (χ0v) is 15.3. The highest BCUT2D eigenvalue weighted by molar-refractivity contribution is 7.89. The Morgan fingerprint density at radius 1 is 1.28 bits per heavy atom. The first-order valence-corrected chi connectivity index (χ1v) is 8.70. The van der Waals surface area contributed by atoms with Crippen LogP contribution in [0.3, 0.4) is 0 Å². The molecule has 3 rings (SSSR count). The number of rotatable bonds is 2. The second kappa shape index (κ2) is 9.37. The molecule has 0 saturated carbocycles. The van der Waals surface area contributed by atoms with Gasteiger partial charge in [-0.2, -0.15) is 4.31 Å². The Bertz CT molecular complexity index is 801. The fourth-order valence-electron chi connectivity index (χ4n) is 2.85. The predicted molar refractivity (Wildman–Crippen MR) is 97.0 cm³/mol. The summed E-state index contributed by atoms with van der Waals surface area (Å²) in [4.78, 5) is 3.80. The van der Waals surface area contributed by atoms with E-state index in [0.717, 1.165) is 19.2 Å². The van der Waals surface area contributed by atoms with E-state index in [4.69, 9.17) is 0 Å². The number of hydrogen-bond donors (Lipinski definition) is 1. The summed E-state index contributed by atoms with van der Waals surface area (Å²) in [6, 6.07) is 4.58. The topological polar surface area (TPSA) is 125 Å². The predicted octanol–water partition coefficient (Wildman–Crippen LogP) is 0.519. The maximum Gasteiger partial charge on any atom is 0.244 e. The second-order valence-corrected chi connectivity index (χ2v) is 7.36. The number of benzene rings is 1. The average molecular weight is 396 g/mol. The highest BCUT2D eigenvalue weighted by Gasteiger charge is 2.31. The lowest BCUT2D eigenvalue weighted by Crippen LogP contribution is -2.41. The van der Waals surface area contributed by atoms with E-state index < -0.39 is 15.8 Å². The standard InChI is InChI=1S/C15H18FN3O2S.ClH.2H2O/c1-11-8-17-6-3-7-19(11)22(20,21)14-5-2-4-12-9-18-10-13(16)15(12)14;;;/h2,4-5,9-11,17H,3,6-8H2,1H3;1H;2*1H2. The van der Waals surface area contributed by atoms with Crippen LogP contribution in [0.4, 0.5) is 4.39 Å². The van der Waals surface area contributed by atoms with Crippen LogP contribution >= 0.6 is 12.4 Å². The Morgan fingerprint density at radius 3 is 2.72 bits per heavy atom. The summed E-state index contributed by atoms with van der Waals surface area (Å²) >= 11 is 0. The van der Waals surface area contributed by atoms with Crippen LogP contribution < -0.4 is 5.32 Å². The molecule has 2 aromatic rings. The van der Waals surface area contributed by atoms with Gasteiger partial charge in [0.1, 0.15) is 0 Å². The van der Waals surface area contributed by atoms with Crippen molar-refractivity contribution in [2.24, 2.45) is 0 Å². The molecule has 1 aliphatic rings. The molecule has 142 valence electrons. The van der Waals surface area contributed by atoms with E-state index in [2.05, 4.69) is 10.3 Å². The number of aromatic nitrogens is 1. The molecule has 5 N–H and O–H groups in total. The highest BCUT2D eigenvalue weighted by Crippen LogP contribution is 2.28. The third kappa shape index (κ3) is 4.43. The monoisotopic (exact) mass is 395 g/mol. The Hall–Kier alpha value is -1.36. The first kappa shape index (κ1) is 23.6. The molecule has 0 aliphatic carbocycles. The second-order valence-electron chi connectivity index (χ2n) is 5.50. The maximum absolute atomic E-state index is 14.2. The van der Waals surface area contributed by atoms with E-state index in [1.807, 2.05) is 6.92 Å². The van der Waals surface area contributed by atoms with Crippen molar-refractivity contribution >= 4 is 33.2 Å². The molecular formula is C15H23ClFN3O4S. The van der Waals surface area contributed by atoms with Gasteiger partial charge in [-0.05, 0) is 26.0 Å². The number of sulfonamides is 1. The van der Waals surface area contributed by atoms with E-state index in [1.54, 1.807) is 12.1 Å². The molecule has 2 heterocycles. The van der Waals surface area contributed by atoms with Gasteiger partial charge in [0.05, 0.1) is 11.1 Å². The summed E-state index contributed by atoms with van der Waals surface area (Å²) in [6.45, 7) is 3.66. The van der Waals surface area contributed by atoms with Crippen molar-refractivity contribution < 1.29 is 23.8 Å². The maximum atomic E-state index is 14.2. The van der Waals surface area contributed by atoms with Gasteiger partial charge in [0, 0.05) is 36.1 Å². The SMILES string of the molecule is CC1CNCCCN1S(=O)(=O)c1cccc2cncc(F)c12.Cl.O.O. The zero-order chi connectivity index (χ0) is 15.7. The van der Waals surface area contributed by atoms with E-state index in [9.17, 15) is 12.8 Å². The smallest absolute Gasteiger partial charge is 0.244 e. The third-order valence-corrected chi connectivity index (χ3v) is 6.00. The summed E-state index contributed by atoms with van der Waals surface area (Å²) < 4.78 is 41.7. The minimum Gasteiger partial charge on any atom is -0.412 e. The van der Waals surface area contributed by atoms with E-state index in [0.29, 0.717) is 18.5 Å². The van der Waals surface area contributed by atoms with Gasteiger partial charge < -0.3 is 16.3 Å². The molecular weight excluding hydrogens is 373 g/mol. The van der Waals surface area contributed by atoms with Crippen molar-refractivity contribution in [3.05, 3.63) is 36.4 Å². The molecule has 7 nitrogen and oxygen atoms in total. The lowest BCUT2D eigenvalue weighted by atomic mass is 10.2. The molecule has 1 aromatic carbocycles. The Balaban J connectivity index is 0.00000192. The molecule has 0 amide bonds. The van der Waals surface area contributed by atoms with E-state index in [1.165, 1.54) is 16.6 Å². The lowest BCUT2D eigenvalue weighted by Gasteiger charge is -2.26. The van der Waals surface area contributed by atoms with Gasteiger partial charge in [-0.25, -0.2) is 12.8 Å². The number of halogens is 2. The van der Waals surface area contributed by atoms with Crippen LogP contribution in [0, 0.1) is 5.82 Å². The number of nitrogens with zero attached hydrogens (tertiary/aromatic N) is 2. The molecule has 1 saturated heterocycles. The first-order chi connectivity index (χ1) is 10.5. The van der Waals surface area contributed by atoms with Gasteiger partial charge in [0.2, 0.25) is 10.0 Å². The van der Waals surface area contributed by atoms with Crippen molar-refractivity contribution in [2.45, 2.75) is 24.3 Å². The van der Waals surface area contributed by atoms with Crippen LogP contribution in [0.1, 0.15) is 13.3 Å². The summed E-state index contributed by atoms with van der Waals surface area (Å²) in [5.74, 6) is -0.614. The van der Waals surface area contributed by atoms with Crippen molar-refractivity contribution in [2.75, 3.05) is 19.6 Å². The Kier molecular flexibility index (Phi) is 8.86. The number of pyridine rings is 1. The van der Waals surface area contributed by atoms with Crippen LogP contribution in [-0.2, 0) is 10.0 Å². The van der Waals surface area contributed by atoms with Gasteiger partial charge in [0.15, 0.2) is 5.82 Å². The molecule has 0 bridgehead atoms. The van der Waals surface area contributed by atoms with E-state index >= 15 is 0 Å². The summed E-state index contributed by atoms with van der Waals surface area (Å²) in [6.07, 6.45) is 3.26. The molecule has 25 heavy (non-hydrogen) atoms. The van der Waals surface area contributed by atoms with Crippen molar-refractivity contribution in [1.82, 2.24) is 14.6 Å². The Labute approximate surface area is 152 Å². The zero-order valence-electron chi connectivity index (χ0n) is 13.7. The van der Waals surface area contributed by atoms with Crippen LogP contribution in [0.25, 0.3) is 10.8 Å². The molecule has 1 unspecified atom stereocenters. The number of hydrogen-bond acceptors (Lipinski definition) is 4. The molecule has 1 fully saturated rings. The van der Waals surface area contributed by atoms with Gasteiger partial charge in [-0.3, -0.25) is 4.98 Å². The molecule has 10 heteroatoms. The van der Waals surface area contributed by atoms with Crippen LogP contribution in [-0.4, -0.2) is 54.3 Å². The fraction of sp³-hybridized carbons (Fsp3) is 0.400. The van der Waals surface area contributed by atoms with Gasteiger partial charge in [-0.15, -0.1) is 12.4 Å². The average Bonchev–Trinajstić information content (AvgIpc) is 2.72. The molecule has 0 radical (unpaired) electrons. The van der Waals surface area contributed by atoms with Gasteiger partial charge in [-0.1, -0.05) is 12.1 Å². The van der Waals surface area contributed by atoms with E-state index in [-0.39, 0.29) is 39.7 Å². The first-order valence-electron chi connectivity index (χ1n) is 7.26. The quantitative estimate of drug-likeness (QED) is 0.795.